The molecule has 38 heavy (non-hydrogen) atoms. The molecular formula is C25H19F4N7O2. The number of halogens is 4. The van der Waals surface area contributed by atoms with Gasteiger partial charge in [0.25, 0.3) is 5.91 Å². The van der Waals surface area contributed by atoms with E-state index in [0.29, 0.717) is 5.69 Å². The average Bonchev–Trinajstić information content (AvgIpc) is 3.29. The molecule has 2 heterocycles. The number of para-hydroxylation sites is 1. The largest absolute Gasteiger partial charge is 0.417 e. The van der Waals surface area contributed by atoms with Crippen LogP contribution in [0.3, 0.4) is 0 Å². The number of rotatable bonds is 6. The number of aliphatic imine (C=N–C) groups is 1. The summed E-state index contributed by atoms with van der Waals surface area (Å²) in [6, 6.07) is 10.7. The Labute approximate surface area is 212 Å². The maximum atomic E-state index is 14.9. The number of aryl methyl sites for hydroxylation is 1. The van der Waals surface area contributed by atoms with Crippen molar-refractivity contribution in [3.63, 3.8) is 0 Å². The number of anilines is 1. The molecule has 0 atom stereocenters. The van der Waals surface area contributed by atoms with E-state index >= 15 is 0 Å². The number of aromatic nitrogens is 2. The van der Waals surface area contributed by atoms with Crippen molar-refractivity contribution < 1.29 is 27.2 Å². The Morgan fingerprint density at radius 2 is 1.82 bits per heavy atom. The number of nitrogens with zero attached hydrogens (tertiary/aromatic N) is 3. The summed E-state index contributed by atoms with van der Waals surface area (Å²) >= 11 is 0. The number of dihydropyridines is 1. The molecule has 5 N–H and O–H groups in total. The minimum Gasteiger partial charge on any atom is -0.366 e. The molecule has 4 rings (SSSR count). The lowest BCUT2D eigenvalue weighted by Gasteiger charge is -2.19. The lowest BCUT2D eigenvalue weighted by molar-refractivity contribution is -0.137. The van der Waals surface area contributed by atoms with E-state index < -0.39 is 40.5 Å². The fraction of sp³-hybridized carbons (Fsp3) is 0.0800. The van der Waals surface area contributed by atoms with Crippen molar-refractivity contribution in [3.8, 4) is 11.3 Å². The highest BCUT2D eigenvalue weighted by Gasteiger charge is 2.36. The van der Waals surface area contributed by atoms with Crippen LogP contribution in [0.1, 0.15) is 15.9 Å². The van der Waals surface area contributed by atoms with Gasteiger partial charge >= 0.3 is 6.18 Å². The van der Waals surface area contributed by atoms with Crippen molar-refractivity contribution in [2.45, 2.75) is 6.18 Å². The van der Waals surface area contributed by atoms with Crippen molar-refractivity contribution >= 4 is 29.4 Å². The predicted molar refractivity (Wildman–Crippen MR) is 132 cm³/mol. The molecule has 1 aliphatic heterocycles. The summed E-state index contributed by atoms with van der Waals surface area (Å²) < 4.78 is 57.2. The predicted octanol–water partition coefficient (Wildman–Crippen LogP) is 3.77. The van der Waals surface area contributed by atoms with Gasteiger partial charge in [0.2, 0.25) is 5.91 Å². The summed E-state index contributed by atoms with van der Waals surface area (Å²) in [5, 5.41) is 17.5. The minimum atomic E-state index is -4.92. The van der Waals surface area contributed by atoms with Crippen LogP contribution < -0.4 is 16.4 Å². The van der Waals surface area contributed by atoms with Crippen LogP contribution in [-0.4, -0.2) is 33.5 Å². The van der Waals surface area contributed by atoms with Crippen LogP contribution in [0.15, 0.2) is 82.9 Å². The van der Waals surface area contributed by atoms with Crippen LogP contribution in [-0.2, 0) is 18.0 Å². The molecule has 0 fully saturated rings. The Hall–Kier alpha value is -5.07. The summed E-state index contributed by atoms with van der Waals surface area (Å²) in [6.07, 6.45) is -1.29. The molecule has 1 aliphatic rings. The van der Waals surface area contributed by atoms with Gasteiger partial charge in [-0.1, -0.05) is 18.2 Å². The molecule has 3 aromatic rings. The first-order valence-electron chi connectivity index (χ1n) is 10.9. The zero-order valence-electron chi connectivity index (χ0n) is 19.6. The highest BCUT2D eigenvalue weighted by atomic mass is 19.4. The second-order valence-electron chi connectivity index (χ2n) is 8.05. The lowest BCUT2D eigenvalue weighted by Crippen LogP contribution is -2.31. The topological polar surface area (TPSA) is 138 Å². The first kappa shape index (κ1) is 26.0. The molecule has 1 aromatic heterocycles. The van der Waals surface area contributed by atoms with Crippen LogP contribution >= 0.6 is 0 Å². The van der Waals surface area contributed by atoms with Gasteiger partial charge in [-0.05, 0) is 36.4 Å². The Morgan fingerprint density at radius 1 is 1.11 bits per heavy atom. The van der Waals surface area contributed by atoms with Crippen molar-refractivity contribution in [2.24, 2.45) is 17.8 Å². The molecule has 0 saturated heterocycles. The number of hydrogen-bond donors (Lipinski definition) is 4. The summed E-state index contributed by atoms with van der Waals surface area (Å²) in [5.41, 5.74) is 2.58. The maximum Gasteiger partial charge on any atom is 0.417 e. The number of nitrogens with two attached hydrogens (primary N) is 1. The average molecular weight is 525 g/mol. The number of nitrogens with one attached hydrogen (secondary N) is 3. The zero-order chi connectivity index (χ0) is 27.6. The minimum absolute atomic E-state index is 0.0575. The Balaban J connectivity index is 1.78. The monoisotopic (exact) mass is 525 g/mol. The second kappa shape index (κ2) is 10.1. The molecule has 0 unspecified atom stereocenters. The molecule has 0 saturated carbocycles. The van der Waals surface area contributed by atoms with Crippen molar-refractivity contribution in [3.05, 3.63) is 94.8 Å². The third-order valence-corrected chi connectivity index (χ3v) is 5.34. The van der Waals surface area contributed by atoms with Gasteiger partial charge in [0.1, 0.15) is 17.3 Å². The third-order valence-electron chi connectivity index (χ3n) is 5.34. The Bertz CT molecular complexity index is 1540. The van der Waals surface area contributed by atoms with Crippen molar-refractivity contribution in [2.75, 3.05) is 5.32 Å². The van der Waals surface area contributed by atoms with E-state index in [4.69, 9.17) is 11.1 Å². The van der Waals surface area contributed by atoms with Crippen LogP contribution in [0.4, 0.5) is 23.2 Å². The number of allylic oxidation sites excluding steroid dienone is 1. The van der Waals surface area contributed by atoms with Gasteiger partial charge in [-0.25, -0.2) is 9.38 Å². The molecule has 2 aromatic carbocycles. The van der Waals surface area contributed by atoms with E-state index in [1.807, 2.05) is 0 Å². The molecular weight excluding hydrogens is 506 g/mol. The first-order chi connectivity index (χ1) is 17.9. The molecule has 194 valence electrons. The molecule has 9 nitrogen and oxygen atoms in total. The normalized spacial score (nSPS) is 14.7. The van der Waals surface area contributed by atoms with Gasteiger partial charge in [0.15, 0.2) is 0 Å². The smallest absolute Gasteiger partial charge is 0.366 e. The van der Waals surface area contributed by atoms with E-state index in [-0.39, 0.29) is 34.6 Å². The molecule has 13 heteroatoms. The fourth-order valence-electron chi connectivity index (χ4n) is 3.55. The van der Waals surface area contributed by atoms with Crippen LogP contribution in [0.25, 0.3) is 11.3 Å². The number of amides is 2. The number of benzene rings is 2. The number of carbonyl (C=O) groups excluding carboxylic acids is 2. The molecule has 0 spiro atoms. The van der Waals surface area contributed by atoms with Gasteiger partial charge in [0.05, 0.1) is 28.1 Å². The highest BCUT2D eigenvalue weighted by Crippen LogP contribution is 2.38. The van der Waals surface area contributed by atoms with Gasteiger partial charge in [-0.3, -0.25) is 19.7 Å². The van der Waals surface area contributed by atoms with Gasteiger partial charge in [-0.2, -0.15) is 18.3 Å². The second-order valence-corrected chi connectivity index (χ2v) is 8.05. The summed E-state index contributed by atoms with van der Waals surface area (Å²) in [6.45, 7) is 0. The first-order valence-corrected chi connectivity index (χ1v) is 10.9. The van der Waals surface area contributed by atoms with E-state index in [2.05, 4.69) is 20.7 Å². The Kier molecular flexibility index (Phi) is 6.93. The summed E-state index contributed by atoms with van der Waals surface area (Å²) in [5.74, 6) is -3.54. The van der Waals surface area contributed by atoms with Crippen molar-refractivity contribution in [1.82, 2.24) is 15.1 Å². The highest BCUT2D eigenvalue weighted by molar-refractivity contribution is 6.23. The molecule has 2 amide bonds. The van der Waals surface area contributed by atoms with Gasteiger partial charge in [-0.15, -0.1) is 0 Å². The SMILES string of the molecule is Cn1ccc(-c2cc(C(=O)N/C(Nc3ccccc3)=C3\N=CC(C(N)=O)=CC3=N)c(F)cc2C(F)(F)F)n1. The number of carbonyl (C=O) groups is 2. The Morgan fingerprint density at radius 3 is 2.39 bits per heavy atom. The van der Waals surface area contributed by atoms with E-state index in [9.17, 15) is 27.2 Å². The fourth-order valence-corrected chi connectivity index (χ4v) is 3.55. The van der Waals surface area contributed by atoms with E-state index in [0.717, 1.165) is 18.4 Å². The molecule has 0 aliphatic carbocycles. The number of alkyl halides is 3. The molecule has 0 radical (unpaired) electrons. The maximum absolute atomic E-state index is 14.9. The van der Waals surface area contributed by atoms with Crippen molar-refractivity contribution in [1.29, 1.82) is 5.41 Å². The standard InChI is InChI=1S/C25H19F4N7O2/c1-36-8-7-20(35-36)15-10-16(18(26)11-17(15)25(27,28)29)24(38)34-23(33-14-5-3-2-4-6-14)21-19(30)9-13(12-32-21)22(31)37/h2-12,30,33H,1H3,(H2,31,37)(H,34,38)/b23-21-,30-19?. The van der Waals surface area contributed by atoms with Gasteiger partial charge < -0.3 is 16.4 Å². The lowest BCUT2D eigenvalue weighted by atomic mass is 9.99. The molecule has 0 bridgehead atoms. The van der Waals surface area contributed by atoms with Crippen LogP contribution in [0, 0.1) is 11.2 Å². The van der Waals surface area contributed by atoms with E-state index in [1.165, 1.54) is 24.0 Å². The van der Waals surface area contributed by atoms with E-state index in [1.54, 1.807) is 30.3 Å². The third kappa shape index (κ3) is 5.51. The summed E-state index contributed by atoms with van der Waals surface area (Å²) in [4.78, 5) is 28.7. The van der Waals surface area contributed by atoms with Crippen LogP contribution in [0.2, 0.25) is 0 Å². The quantitative estimate of drug-likeness (QED) is 0.364. The zero-order valence-corrected chi connectivity index (χ0v) is 19.6. The summed E-state index contributed by atoms with van der Waals surface area (Å²) in [7, 11) is 1.50. The number of hydrogen-bond acceptors (Lipinski definition) is 6. The van der Waals surface area contributed by atoms with Crippen LogP contribution in [0.5, 0.6) is 0 Å². The van der Waals surface area contributed by atoms with Gasteiger partial charge in [0, 0.05) is 30.7 Å². The number of primary amides is 1.